The Morgan fingerprint density at radius 1 is 1.10 bits per heavy atom. The minimum absolute atomic E-state index is 0.00460. The highest BCUT2D eigenvalue weighted by atomic mass is 127. The van der Waals surface area contributed by atoms with Gasteiger partial charge in [0.05, 0.1) is 11.8 Å². The number of aliphatic carboxylic acids is 1. The van der Waals surface area contributed by atoms with Crippen molar-refractivity contribution in [2.24, 2.45) is 23.7 Å². The molecule has 4 nitrogen and oxygen atoms in total. The predicted molar refractivity (Wildman–Crippen MR) is 83.1 cm³/mol. The first kappa shape index (κ1) is 13.6. The summed E-state index contributed by atoms with van der Waals surface area (Å²) in [4.78, 5) is 23.8. The molecule has 1 saturated carbocycles. The second-order valence-electron chi connectivity index (χ2n) is 5.33. The average molecular weight is 383 g/mol. The van der Waals surface area contributed by atoms with Crippen LogP contribution in [-0.4, -0.2) is 17.0 Å². The van der Waals surface area contributed by atoms with Crippen LogP contribution in [0.2, 0.25) is 0 Å². The van der Waals surface area contributed by atoms with Crippen LogP contribution in [0.25, 0.3) is 0 Å². The van der Waals surface area contributed by atoms with Gasteiger partial charge in [0.1, 0.15) is 0 Å². The number of hydrogen-bond donors (Lipinski definition) is 2. The van der Waals surface area contributed by atoms with Crippen LogP contribution >= 0.6 is 22.6 Å². The Morgan fingerprint density at radius 3 is 2.30 bits per heavy atom. The first-order valence-electron chi connectivity index (χ1n) is 6.54. The van der Waals surface area contributed by atoms with E-state index < -0.39 is 17.8 Å². The third-order valence-electron chi connectivity index (χ3n) is 4.16. The van der Waals surface area contributed by atoms with Gasteiger partial charge in [0.25, 0.3) is 0 Å². The zero-order valence-corrected chi connectivity index (χ0v) is 12.8. The van der Waals surface area contributed by atoms with Crippen molar-refractivity contribution in [1.29, 1.82) is 0 Å². The number of fused-ring (bicyclic) bond motifs is 2. The number of rotatable bonds is 3. The Kier molecular flexibility index (Phi) is 3.54. The lowest BCUT2D eigenvalue weighted by atomic mass is 9.82. The largest absolute Gasteiger partial charge is 0.481 e. The molecule has 1 aromatic carbocycles. The van der Waals surface area contributed by atoms with E-state index >= 15 is 0 Å². The molecule has 1 aromatic rings. The van der Waals surface area contributed by atoms with Crippen LogP contribution in [0.5, 0.6) is 0 Å². The number of nitrogens with one attached hydrogen (secondary N) is 1. The summed E-state index contributed by atoms with van der Waals surface area (Å²) in [6.07, 6.45) is 4.71. The summed E-state index contributed by atoms with van der Waals surface area (Å²) < 4.78 is 1.09. The molecule has 0 aliphatic heterocycles. The lowest BCUT2D eigenvalue weighted by molar-refractivity contribution is -0.146. The van der Waals surface area contributed by atoms with Crippen molar-refractivity contribution in [2.45, 2.75) is 6.42 Å². The minimum atomic E-state index is -0.871. The fourth-order valence-electron chi connectivity index (χ4n) is 3.28. The van der Waals surface area contributed by atoms with Gasteiger partial charge in [-0.3, -0.25) is 9.59 Å². The van der Waals surface area contributed by atoms with Gasteiger partial charge in [0, 0.05) is 9.26 Å². The van der Waals surface area contributed by atoms with Crippen LogP contribution in [0, 0.1) is 27.2 Å². The maximum absolute atomic E-state index is 12.4. The molecule has 104 valence electrons. The number of carbonyl (C=O) groups is 2. The van der Waals surface area contributed by atoms with Gasteiger partial charge in [-0.2, -0.15) is 0 Å². The normalized spacial score (nSPS) is 30.4. The van der Waals surface area contributed by atoms with E-state index in [0.29, 0.717) is 5.69 Å². The summed E-state index contributed by atoms with van der Waals surface area (Å²) in [7, 11) is 0. The van der Waals surface area contributed by atoms with E-state index in [4.69, 9.17) is 0 Å². The van der Waals surface area contributed by atoms with Gasteiger partial charge in [-0.15, -0.1) is 0 Å². The van der Waals surface area contributed by atoms with E-state index in [1.165, 1.54) is 0 Å². The summed E-state index contributed by atoms with van der Waals surface area (Å²) in [6.45, 7) is 0. The quantitative estimate of drug-likeness (QED) is 0.623. The molecule has 1 amide bonds. The molecule has 0 aromatic heterocycles. The number of allylic oxidation sites excluding steroid dienone is 2. The van der Waals surface area contributed by atoms with Crippen LogP contribution < -0.4 is 5.32 Å². The van der Waals surface area contributed by atoms with Gasteiger partial charge < -0.3 is 10.4 Å². The van der Waals surface area contributed by atoms with Crippen molar-refractivity contribution in [3.63, 3.8) is 0 Å². The summed E-state index contributed by atoms with van der Waals surface area (Å²) in [5, 5.41) is 12.2. The molecule has 0 unspecified atom stereocenters. The Labute approximate surface area is 130 Å². The summed E-state index contributed by atoms with van der Waals surface area (Å²) in [6, 6.07) is 7.48. The molecule has 0 spiro atoms. The number of benzene rings is 1. The SMILES string of the molecule is O=C(O)[C@@H]1[C@@H](C(=O)Nc2ccc(I)cc2)[C@H]2C=C[C@H]1C2. The van der Waals surface area contributed by atoms with E-state index in [1.54, 1.807) is 0 Å². The lowest BCUT2D eigenvalue weighted by Crippen LogP contribution is -2.36. The molecular formula is C15H14INO3. The highest BCUT2D eigenvalue weighted by Crippen LogP contribution is 2.48. The molecule has 2 aliphatic rings. The molecule has 3 rings (SSSR count). The van der Waals surface area contributed by atoms with E-state index in [2.05, 4.69) is 27.9 Å². The molecular weight excluding hydrogens is 369 g/mol. The molecule has 2 aliphatic carbocycles. The predicted octanol–water partition coefficient (Wildman–Crippen LogP) is 2.75. The first-order chi connectivity index (χ1) is 9.56. The zero-order chi connectivity index (χ0) is 14.3. The van der Waals surface area contributed by atoms with Gasteiger partial charge in [0.2, 0.25) is 5.91 Å². The summed E-state index contributed by atoms with van der Waals surface area (Å²) in [5.41, 5.74) is 0.714. The fraction of sp³-hybridized carbons (Fsp3) is 0.333. The molecule has 2 bridgehead atoms. The third kappa shape index (κ3) is 2.34. The lowest BCUT2D eigenvalue weighted by Gasteiger charge is -2.23. The Morgan fingerprint density at radius 2 is 1.70 bits per heavy atom. The van der Waals surface area contributed by atoms with E-state index in [9.17, 15) is 14.7 Å². The van der Waals surface area contributed by atoms with Gasteiger partial charge in [0.15, 0.2) is 0 Å². The monoisotopic (exact) mass is 383 g/mol. The molecule has 0 heterocycles. The topological polar surface area (TPSA) is 66.4 Å². The zero-order valence-electron chi connectivity index (χ0n) is 10.6. The van der Waals surface area contributed by atoms with E-state index in [0.717, 1.165) is 9.99 Å². The maximum atomic E-state index is 12.4. The number of carboxylic acid groups (broad SMARTS) is 1. The number of carboxylic acids is 1. The van der Waals surface area contributed by atoms with Crippen molar-refractivity contribution in [2.75, 3.05) is 5.32 Å². The van der Waals surface area contributed by atoms with Gasteiger partial charge in [-0.1, -0.05) is 12.2 Å². The van der Waals surface area contributed by atoms with Crippen molar-refractivity contribution >= 4 is 40.2 Å². The fourth-order valence-corrected chi connectivity index (χ4v) is 3.63. The van der Waals surface area contributed by atoms with Crippen LogP contribution in [0.3, 0.4) is 0 Å². The van der Waals surface area contributed by atoms with Crippen molar-refractivity contribution < 1.29 is 14.7 Å². The van der Waals surface area contributed by atoms with E-state index in [-0.39, 0.29) is 17.7 Å². The van der Waals surface area contributed by atoms with E-state index in [1.807, 2.05) is 36.4 Å². The van der Waals surface area contributed by atoms with Gasteiger partial charge >= 0.3 is 5.97 Å². The smallest absolute Gasteiger partial charge is 0.307 e. The second kappa shape index (κ2) is 5.20. The summed E-state index contributed by atoms with van der Waals surface area (Å²) in [5.74, 6) is -2.04. The molecule has 1 fully saturated rings. The molecule has 5 heteroatoms. The first-order valence-corrected chi connectivity index (χ1v) is 7.61. The second-order valence-corrected chi connectivity index (χ2v) is 6.58. The van der Waals surface area contributed by atoms with Crippen LogP contribution in [0.15, 0.2) is 36.4 Å². The third-order valence-corrected chi connectivity index (χ3v) is 4.88. The molecule has 20 heavy (non-hydrogen) atoms. The van der Waals surface area contributed by atoms with Crippen molar-refractivity contribution in [1.82, 2.24) is 0 Å². The summed E-state index contributed by atoms with van der Waals surface area (Å²) >= 11 is 2.20. The average Bonchev–Trinajstić information content (AvgIpc) is 3.01. The van der Waals surface area contributed by atoms with Gasteiger partial charge in [-0.05, 0) is 65.1 Å². The molecule has 0 saturated heterocycles. The van der Waals surface area contributed by atoms with Gasteiger partial charge in [-0.25, -0.2) is 0 Å². The standard InChI is InChI=1S/C15H14INO3/c16-10-3-5-11(6-4-10)17-14(18)12-8-1-2-9(7-8)13(12)15(19)20/h1-6,8-9,12-13H,7H2,(H,17,18)(H,19,20)/t8-,9-,12-,13-/m0/s1. The highest BCUT2D eigenvalue weighted by molar-refractivity contribution is 14.1. The molecule has 0 radical (unpaired) electrons. The van der Waals surface area contributed by atoms with Crippen molar-refractivity contribution in [3.05, 3.63) is 40.0 Å². The highest BCUT2D eigenvalue weighted by Gasteiger charge is 2.51. The van der Waals surface area contributed by atoms with Crippen molar-refractivity contribution in [3.8, 4) is 0 Å². The number of anilines is 1. The number of halogens is 1. The number of carbonyl (C=O) groups excluding carboxylic acids is 1. The van der Waals surface area contributed by atoms with Crippen LogP contribution in [0.4, 0.5) is 5.69 Å². The van der Waals surface area contributed by atoms with Crippen LogP contribution in [-0.2, 0) is 9.59 Å². The number of hydrogen-bond acceptors (Lipinski definition) is 2. The Hall–Kier alpha value is -1.37. The number of amides is 1. The Bertz CT molecular complexity index is 581. The minimum Gasteiger partial charge on any atom is -0.481 e. The van der Waals surface area contributed by atoms with Crippen LogP contribution in [0.1, 0.15) is 6.42 Å². The molecule has 2 N–H and O–H groups in total. The Balaban J connectivity index is 1.78. The molecule has 4 atom stereocenters. The maximum Gasteiger partial charge on any atom is 0.307 e.